The first kappa shape index (κ1) is 22.5. The predicted molar refractivity (Wildman–Crippen MR) is 129 cm³/mol. The third-order valence-corrected chi connectivity index (χ3v) is 5.38. The fourth-order valence-electron chi connectivity index (χ4n) is 3.58. The summed E-state index contributed by atoms with van der Waals surface area (Å²) in [6.45, 7) is 2.79. The lowest BCUT2D eigenvalue weighted by atomic mass is 9.64. The third-order valence-electron chi connectivity index (χ3n) is 5.38. The van der Waals surface area contributed by atoms with Gasteiger partial charge in [-0.15, -0.1) is 24.0 Å². The molecule has 2 aromatic rings. The minimum absolute atomic E-state index is 0. The number of pyridine rings is 1. The molecule has 28 heavy (non-hydrogen) atoms. The van der Waals surface area contributed by atoms with E-state index in [1.165, 1.54) is 24.8 Å². The Morgan fingerprint density at radius 2 is 1.75 bits per heavy atom. The van der Waals surface area contributed by atoms with Gasteiger partial charge in [0.1, 0.15) is 5.82 Å². The average molecular weight is 493 g/mol. The summed E-state index contributed by atoms with van der Waals surface area (Å²) in [5.74, 6) is 1.84. The van der Waals surface area contributed by atoms with Crippen LogP contribution >= 0.6 is 24.0 Å². The van der Waals surface area contributed by atoms with Crippen molar-refractivity contribution >= 4 is 35.8 Å². The maximum atomic E-state index is 4.38. The quantitative estimate of drug-likeness (QED) is 0.212. The molecule has 3 N–H and O–H groups in total. The van der Waals surface area contributed by atoms with Crippen LogP contribution in [0.4, 0.5) is 5.82 Å². The molecule has 1 heterocycles. The lowest BCUT2D eigenvalue weighted by Crippen LogP contribution is -2.49. The standard InChI is InChI=1S/C22H31N5.HI/c1-23-21(26-17-8-7-16-25-20-12-5-6-15-24-20)27-18-22(13-9-14-22)19-10-3-2-4-11-19;/h2-6,10-12,15H,7-9,13-14,16-18H2,1H3,(H,24,25)(H2,23,26,27);1H. The number of rotatable bonds is 9. The first-order chi connectivity index (χ1) is 13.3. The van der Waals surface area contributed by atoms with Crippen LogP contribution in [0.5, 0.6) is 0 Å². The highest BCUT2D eigenvalue weighted by molar-refractivity contribution is 14.0. The van der Waals surface area contributed by atoms with Crippen molar-refractivity contribution in [3.63, 3.8) is 0 Å². The summed E-state index contributed by atoms with van der Waals surface area (Å²) in [6.07, 6.45) is 7.80. The molecule has 1 saturated carbocycles. The molecule has 0 bridgehead atoms. The van der Waals surface area contributed by atoms with E-state index in [0.717, 1.165) is 44.3 Å². The van der Waals surface area contributed by atoms with Gasteiger partial charge in [-0.25, -0.2) is 4.98 Å². The highest BCUT2D eigenvalue weighted by Crippen LogP contribution is 2.43. The van der Waals surface area contributed by atoms with Crippen molar-refractivity contribution in [2.75, 3.05) is 32.0 Å². The van der Waals surface area contributed by atoms with Gasteiger partial charge in [-0.05, 0) is 43.4 Å². The maximum Gasteiger partial charge on any atom is 0.191 e. The molecule has 1 fully saturated rings. The summed E-state index contributed by atoms with van der Waals surface area (Å²) in [6, 6.07) is 16.8. The molecule has 0 amide bonds. The van der Waals surface area contributed by atoms with Gasteiger partial charge in [0.05, 0.1) is 0 Å². The Hall–Kier alpha value is -1.83. The number of aliphatic imine (C=N–C) groups is 1. The van der Waals surface area contributed by atoms with Gasteiger partial charge >= 0.3 is 0 Å². The topological polar surface area (TPSA) is 61.3 Å². The number of nitrogens with one attached hydrogen (secondary N) is 3. The molecule has 1 aliphatic carbocycles. The van der Waals surface area contributed by atoms with E-state index in [1.807, 2.05) is 31.4 Å². The minimum atomic E-state index is 0. The number of anilines is 1. The van der Waals surface area contributed by atoms with Gasteiger partial charge in [0, 0.05) is 38.3 Å². The van der Waals surface area contributed by atoms with E-state index in [-0.39, 0.29) is 29.4 Å². The van der Waals surface area contributed by atoms with E-state index in [9.17, 15) is 0 Å². The summed E-state index contributed by atoms with van der Waals surface area (Å²) in [7, 11) is 1.84. The van der Waals surface area contributed by atoms with Gasteiger partial charge in [0.2, 0.25) is 0 Å². The third kappa shape index (κ3) is 6.36. The van der Waals surface area contributed by atoms with E-state index in [2.05, 4.69) is 56.3 Å². The Labute approximate surface area is 185 Å². The molecule has 1 aromatic carbocycles. The van der Waals surface area contributed by atoms with Gasteiger partial charge in [-0.3, -0.25) is 4.99 Å². The van der Waals surface area contributed by atoms with Gasteiger partial charge in [-0.1, -0.05) is 42.8 Å². The molecule has 1 aromatic heterocycles. The average Bonchev–Trinajstić information content (AvgIpc) is 2.69. The largest absolute Gasteiger partial charge is 0.370 e. The van der Waals surface area contributed by atoms with Crippen molar-refractivity contribution in [1.29, 1.82) is 0 Å². The van der Waals surface area contributed by atoms with Crippen molar-refractivity contribution in [3.05, 3.63) is 60.3 Å². The van der Waals surface area contributed by atoms with Gasteiger partial charge in [0.15, 0.2) is 5.96 Å². The second kappa shape index (κ2) is 11.9. The first-order valence-electron chi connectivity index (χ1n) is 9.97. The number of halogens is 1. The van der Waals surface area contributed by atoms with Crippen LogP contribution in [0.15, 0.2) is 59.7 Å². The molecular weight excluding hydrogens is 461 g/mol. The molecule has 5 nitrogen and oxygen atoms in total. The van der Waals surface area contributed by atoms with Crippen molar-refractivity contribution < 1.29 is 0 Å². The fourth-order valence-corrected chi connectivity index (χ4v) is 3.58. The normalized spacial score (nSPS) is 15.1. The van der Waals surface area contributed by atoms with Crippen LogP contribution in [-0.2, 0) is 5.41 Å². The van der Waals surface area contributed by atoms with Crippen LogP contribution in [0.1, 0.15) is 37.7 Å². The lowest BCUT2D eigenvalue weighted by Gasteiger charge is -2.43. The number of aromatic nitrogens is 1. The van der Waals surface area contributed by atoms with E-state index in [0.29, 0.717) is 0 Å². The number of unbranched alkanes of at least 4 members (excludes halogenated alkanes) is 1. The van der Waals surface area contributed by atoms with Crippen molar-refractivity contribution in [3.8, 4) is 0 Å². The Morgan fingerprint density at radius 3 is 2.39 bits per heavy atom. The Balaban J connectivity index is 0.00000280. The zero-order valence-corrected chi connectivity index (χ0v) is 19.0. The molecule has 6 heteroatoms. The van der Waals surface area contributed by atoms with E-state index >= 15 is 0 Å². The smallest absolute Gasteiger partial charge is 0.191 e. The lowest BCUT2D eigenvalue weighted by molar-refractivity contribution is 0.244. The second-order valence-corrected chi connectivity index (χ2v) is 7.20. The molecule has 152 valence electrons. The Morgan fingerprint density at radius 1 is 1.00 bits per heavy atom. The van der Waals surface area contributed by atoms with Crippen LogP contribution in [0.2, 0.25) is 0 Å². The number of hydrogen-bond acceptors (Lipinski definition) is 3. The molecule has 0 atom stereocenters. The van der Waals surface area contributed by atoms with Crippen LogP contribution in [0, 0.1) is 0 Å². The molecule has 0 radical (unpaired) electrons. The Kier molecular flexibility index (Phi) is 9.54. The van der Waals surface area contributed by atoms with Gasteiger partial charge < -0.3 is 16.0 Å². The summed E-state index contributed by atoms with van der Waals surface area (Å²) in [5.41, 5.74) is 1.71. The fraction of sp³-hybridized carbons (Fsp3) is 0.455. The Bertz CT molecular complexity index is 701. The molecule has 3 rings (SSSR count). The zero-order chi connectivity index (χ0) is 18.8. The molecule has 0 aliphatic heterocycles. The highest BCUT2D eigenvalue weighted by atomic mass is 127. The molecule has 1 aliphatic rings. The van der Waals surface area contributed by atoms with Crippen molar-refractivity contribution in [2.24, 2.45) is 4.99 Å². The first-order valence-corrected chi connectivity index (χ1v) is 9.97. The van der Waals surface area contributed by atoms with Gasteiger partial charge in [0.25, 0.3) is 0 Å². The molecule has 0 unspecified atom stereocenters. The second-order valence-electron chi connectivity index (χ2n) is 7.20. The van der Waals surface area contributed by atoms with E-state index in [4.69, 9.17) is 0 Å². The highest BCUT2D eigenvalue weighted by Gasteiger charge is 2.38. The SMILES string of the molecule is CN=C(NCCCCNc1ccccn1)NCC1(c2ccccc2)CCC1.I. The van der Waals surface area contributed by atoms with Crippen molar-refractivity contribution in [2.45, 2.75) is 37.5 Å². The van der Waals surface area contributed by atoms with E-state index < -0.39 is 0 Å². The molecular formula is C22H32IN5. The van der Waals surface area contributed by atoms with Crippen LogP contribution < -0.4 is 16.0 Å². The predicted octanol–water partition coefficient (Wildman–Crippen LogP) is 4.18. The van der Waals surface area contributed by atoms with Crippen molar-refractivity contribution in [1.82, 2.24) is 15.6 Å². The van der Waals surface area contributed by atoms with E-state index in [1.54, 1.807) is 0 Å². The summed E-state index contributed by atoms with van der Waals surface area (Å²) >= 11 is 0. The molecule has 0 spiro atoms. The summed E-state index contributed by atoms with van der Waals surface area (Å²) in [4.78, 5) is 8.65. The summed E-state index contributed by atoms with van der Waals surface area (Å²) in [5, 5.41) is 10.3. The minimum Gasteiger partial charge on any atom is -0.370 e. The van der Waals surface area contributed by atoms with Crippen LogP contribution in [0.3, 0.4) is 0 Å². The number of benzene rings is 1. The number of hydrogen-bond donors (Lipinski definition) is 3. The monoisotopic (exact) mass is 493 g/mol. The van der Waals surface area contributed by atoms with Crippen LogP contribution in [0.25, 0.3) is 0 Å². The number of guanidine groups is 1. The van der Waals surface area contributed by atoms with Gasteiger partial charge in [-0.2, -0.15) is 0 Å². The zero-order valence-electron chi connectivity index (χ0n) is 16.7. The number of nitrogens with zero attached hydrogens (tertiary/aromatic N) is 2. The van der Waals surface area contributed by atoms with Crippen LogP contribution in [-0.4, -0.2) is 37.6 Å². The maximum absolute atomic E-state index is 4.38. The molecule has 0 saturated heterocycles. The summed E-state index contributed by atoms with van der Waals surface area (Å²) < 4.78 is 0.